The van der Waals surface area contributed by atoms with Gasteiger partial charge in [0, 0.05) is 13.1 Å². The van der Waals surface area contributed by atoms with Crippen LogP contribution < -0.4 is 11.5 Å². The number of carbonyl (C=O) groups excluding carboxylic acids is 4. The van der Waals surface area contributed by atoms with E-state index in [4.69, 9.17) is 11.5 Å². The summed E-state index contributed by atoms with van der Waals surface area (Å²) in [6, 6.07) is 4.88. The summed E-state index contributed by atoms with van der Waals surface area (Å²) in [6.07, 6.45) is 39.5. The predicted octanol–water partition coefficient (Wildman–Crippen LogP) is 14.1. The third kappa shape index (κ3) is 25.6. The molecule has 0 heterocycles. The van der Waals surface area contributed by atoms with Gasteiger partial charge in [0.1, 0.15) is 0 Å². The largest absolute Gasteiger partial charge is 0.320 e. The minimum absolute atomic E-state index is 0.112. The third-order valence-electron chi connectivity index (χ3n) is 12.9. The van der Waals surface area contributed by atoms with Crippen molar-refractivity contribution in [3.05, 3.63) is 35.4 Å². The maximum atomic E-state index is 14.4. The number of hydrogen-bond acceptors (Lipinski definition) is 6. The lowest BCUT2D eigenvalue weighted by Crippen LogP contribution is -2.51. The van der Waals surface area contributed by atoms with Crippen molar-refractivity contribution in [1.82, 2.24) is 9.80 Å². The standard InChI is InChI=1S/C54H98N4O4/c1-7-9-11-13-15-17-19-21-23-25-27-29-31-33-35-39-43-57(53(61)49(55)45(3)4)51(59)47-41-37-38-42-48(47)52(60)58(54(62)50(56)46(5)6)44-40-36-34-32-30-28-26-24-22-20-18-16-14-12-10-8-2/h37-38,41-42,45-46,49-50H,7-36,39-40,43-44,55-56H2,1-6H3/t49-,50-/m0/s1. The number of amides is 4. The highest BCUT2D eigenvalue weighted by molar-refractivity contribution is 6.15. The maximum absolute atomic E-state index is 14.4. The zero-order valence-corrected chi connectivity index (χ0v) is 41.3. The van der Waals surface area contributed by atoms with Crippen molar-refractivity contribution in [3.63, 3.8) is 0 Å². The van der Waals surface area contributed by atoms with Crippen LogP contribution in [0, 0.1) is 11.8 Å². The molecule has 0 radical (unpaired) electrons. The van der Waals surface area contributed by atoms with Gasteiger partial charge in [0.2, 0.25) is 11.8 Å². The summed E-state index contributed by atoms with van der Waals surface area (Å²) < 4.78 is 0. The molecule has 0 aliphatic heterocycles. The molecular formula is C54H98N4O4. The minimum Gasteiger partial charge on any atom is -0.320 e. The molecule has 0 aliphatic carbocycles. The second-order valence-electron chi connectivity index (χ2n) is 19.3. The molecule has 1 aromatic carbocycles. The van der Waals surface area contributed by atoms with Crippen LogP contribution in [0.3, 0.4) is 0 Å². The summed E-state index contributed by atoms with van der Waals surface area (Å²) in [5, 5.41) is 0. The zero-order chi connectivity index (χ0) is 45.8. The van der Waals surface area contributed by atoms with E-state index in [2.05, 4.69) is 13.8 Å². The van der Waals surface area contributed by atoms with E-state index < -0.39 is 35.7 Å². The summed E-state index contributed by atoms with van der Waals surface area (Å²) in [7, 11) is 0. The number of benzene rings is 1. The molecule has 4 N–H and O–H groups in total. The first-order valence-corrected chi connectivity index (χ1v) is 26.3. The average molecular weight is 867 g/mol. The normalized spacial score (nSPS) is 12.5. The van der Waals surface area contributed by atoms with Gasteiger partial charge in [0.15, 0.2) is 0 Å². The molecule has 1 rings (SSSR count). The molecule has 4 amide bonds. The van der Waals surface area contributed by atoms with E-state index in [9.17, 15) is 19.2 Å². The first kappa shape index (κ1) is 57.4. The molecule has 0 fully saturated rings. The first-order chi connectivity index (χ1) is 30.0. The highest BCUT2D eigenvalue weighted by atomic mass is 16.2. The Morgan fingerprint density at radius 2 is 0.597 bits per heavy atom. The van der Waals surface area contributed by atoms with Crippen LogP contribution in [0.5, 0.6) is 0 Å². The van der Waals surface area contributed by atoms with Crippen LogP contribution in [0.1, 0.15) is 268 Å². The van der Waals surface area contributed by atoms with Gasteiger partial charge in [-0.05, 0) is 36.8 Å². The highest BCUT2D eigenvalue weighted by Gasteiger charge is 2.34. The van der Waals surface area contributed by atoms with Crippen molar-refractivity contribution in [3.8, 4) is 0 Å². The molecule has 62 heavy (non-hydrogen) atoms. The van der Waals surface area contributed by atoms with E-state index in [1.54, 1.807) is 24.3 Å². The molecule has 0 aliphatic rings. The lowest BCUT2D eigenvalue weighted by Gasteiger charge is -2.28. The van der Waals surface area contributed by atoms with Gasteiger partial charge in [0.05, 0.1) is 23.2 Å². The molecule has 0 spiro atoms. The number of nitrogens with two attached hydrogens (primary N) is 2. The topological polar surface area (TPSA) is 127 Å². The van der Waals surface area contributed by atoms with Crippen molar-refractivity contribution in [1.29, 1.82) is 0 Å². The van der Waals surface area contributed by atoms with Crippen LogP contribution in [0.15, 0.2) is 24.3 Å². The van der Waals surface area contributed by atoms with Gasteiger partial charge < -0.3 is 11.5 Å². The molecule has 8 heteroatoms. The van der Waals surface area contributed by atoms with E-state index in [1.165, 1.54) is 164 Å². The molecule has 0 aromatic heterocycles. The SMILES string of the molecule is CCCCCCCCCCCCCCCCCCN(C(=O)c1ccccc1C(=O)N(CCCCCCCCCCCCCCCCCC)C(=O)[C@@H](N)C(C)C)C(=O)[C@@H](N)C(C)C. The summed E-state index contributed by atoms with van der Waals surface area (Å²) in [6.45, 7) is 12.5. The average Bonchev–Trinajstić information content (AvgIpc) is 3.27. The molecule has 0 saturated heterocycles. The van der Waals surface area contributed by atoms with Gasteiger partial charge in [-0.2, -0.15) is 0 Å². The van der Waals surface area contributed by atoms with Gasteiger partial charge in [0.25, 0.3) is 11.8 Å². The Balaban J connectivity index is 2.76. The first-order valence-electron chi connectivity index (χ1n) is 26.3. The Hall–Kier alpha value is -2.58. The number of hydrogen-bond donors (Lipinski definition) is 2. The Bertz CT molecular complexity index is 1200. The van der Waals surface area contributed by atoms with Gasteiger partial charge in [-0.1, -0.05) is 246 Å². The van der Waals surface area contributed by atoms with Gasteiger partial charge in [-0.15, -0.1) is 0 Å². The summed E-state index contributed by atoms with van der Waals surface area (Å²) in [4.78, 5) is 58.7. The molecule has 0 bridgehead atoms. The van der Waals surface area contributed by atoms with Gasteiger partial charge in [-0.3, -0.25) is 29.0 Å². The van der Waals surface area contributed by atoms with Crippen LogP contribution in [-0.4, -0.2) is 58.6 Å². The van der Waals surface area contributed by atoms with E-state index in [-0.39, 0.29) is 36.1 Å². The summed E-state index contributed by atoms with van der Waals surface area (Å²) in [5.74, 6) is -2.28. The molecular weight excluding hydrogens is 769 g/mol. The Morgan fingerprint density at radius 3 is 0.806 bits per heavy atom. The number of nitrogens with zero attached hydrogens (tertiary/aromatic N) is 2. The van der Waals surface area contributed by atoms with E-state index >= 15 is 0 Å². The van der Waals surface area contributed by atoms with Crippen LogP contribution in [0.2, 0.25) is 0 Å². The number of carbonyl (C=O) groups is 4. The van der Waals surface area contributed by atoms with Crippen LogP contribution >= 0.6 is 0 Å². The van der Waals surface area contributed by atoms with E-state index in [1.807, 2.05) is 27.7 Å². The predicted molar refractivity (Wildman–Crippen MR) is 263 cm³/mol. The molecule has 0 unspecified atom stereocenters. The van der Waals surface area contributed by atoms with Crippen molar-refractivity contribution >= 4 is 23.6 Å². The van der Waals surface area contributed by atoms with Crippen molar-refractivity contribution in [2.75, 3.05) is 13.1 Å². The second-order valence-corrected chi connectivity index (χ2v) is 19.3. The van der Waals surface area contributed by atoms with Crippen LogP contribution in [-0.2, 0) is 9.59 Å². The minimum atomic E-state index is -0.847. The second kappa shape index (κ2) is 37.8. The monoisotopic (exact) mass is 867 g/mol. The Morgan fingerprint density at radius 1 is 0.387 bits per heavy atom. The number of unbranched alkanes of at least 4 members (excludes halogenated alkanes) is 30. The van der Waals surface area contributed by atoms with Crippen molar-refractivity contribution < 1.29 is 19.2 Å². The fourth-order valence-corrected chi connectivity index (χ4v) is 8.34. The fraction of sp³-hybridized carbons (Fsp3) is 0.815. The molecule has 0 saturated carbocycles. The lowest BCUT2D eigenvalue weighted by molar-refractivity contribution is -0.132. The lowest BCUT2D eigenvalue weighted by atomic mass is 9.99. The van der Waals surface area contributed by atoms with Gasteiger partial charge >= 0.3 is 0 Å². The molecule has 8 nitrogen and oxygen atoms in total. The summed E-state index contributed by atoms with van der Waals surface area (Å²) >= 11 is 0. The van der Waals surface area contributed by atoms with E-state index in [0.717, 1.165) is 38.5 Å². The molecule has 358 valence electrons. The smallest absolute Gasteiger partial charge is 0.261 e. The highest BCUT2D eigenvalue weighted by Crippen LogP contribution is 2.21. The molecule has 2 atom stereocenters. The third-order valence-corrected chi connectivity index (χ3v) is 12.9. The van der Waals surface area contributed by atoms with Crippen LogP contribution in [0.25, 0.3) is 0 Å². The van der Waals surface area contributed by atoms with Gasteiger partial charge in [-0.25, -0.2) is 0 Å². The zero-order valence-electron chi connectivity index (χ0n) is 41.3. The number of imide groups is 2. The quantitative estimate of drug-likeness (QED) is 0.0633. The fourth-order valence-electron chi connectivity index (χ4n) is 8.34. The summed E-state index contributed by atoms with van der Waals surface area (Å²) in [5.41, 5.74) is 12.9. The Labute approximate surface area is 382 Å². The Kier molecular flexibility index (Phi) is 35.0. The maximum Gasteiger partial charge on any atom is 0.261 e. The van der Waals surface area contributed by atoms with E-state index in [0.29, 0.717) is 12.8 Å². The number of rotatable bonds is 40. The van der Waals surface area contributed by atoms with Crippen molar-refractivity contribution in [2.45, 2.75) is 259 Å². The van der Waals surface area contributed by atoms with Crippen LogP contribution in [0.4, 0.5) is 0 Å². The molecule has 1 aromatic rings. The van der Waals surface area contributed by atoms with Crippen molar-refractivity contribution in [2.24, 2.45) is 23.3 Å².